The third kappa shape index (κ3) is 3.63. The maximum atomic E-state index is 11.7. The van der Waals surface area contributed by atoms with Crippen LogP contribution in [0.2, 0.25) is 0 Å². The lowest BCUT2D eigenvalue weighted by Gasteiger charge is -2.11. The van der Waals surface area contributed by atoms with E-state index >= 15 is 0 Å². The smallest absolute Gasteiger partial charge is 0.230 e. The number of nitrogens with two attached hydrogens (primary N) is 1. The van der Waals surface area contributed by atoms with Crippen molar-refractivity contribution in [2.75, 3.05) is 11.5 Å². The fourth-order valence-electron chi connectivity index (χ4n) is 2.01. The lowest BCUT2D eigenvalue weighted by Crippen LogP contribution is -2.33. The van der Waals surface area contributed by atoms with Gasteiger partial charge in [0.2, 0.25) is 5.91 Å². The van der Waals surface area contributed by atoms with E-state index in [2.05, 4.69) is 10.3 Å². The first-order valence-electron chi connectivity index (χ1n) is 5.87. The number of thioether (sulfide) groups is 1. The molecule has 0 spiro atoms. The molecule has 1 aliphatic rings. The first kappa shape index (κ1) is 12.2. The second kappa shape index (κ2) is 5.91. The molecule has 0 aliphatic heterocycles. The molecule has 1 aromatic heterocycles. The Morgan fingerprint density at radius 2 is 2.29 bits per heavy atom. The highest BCUT2D eigenvalue weighted by atomic mass is 32.2. The molecule has 17 heavy (non-hydrogen) atoms. The number of hydrogen-bond donors (Lipinski definition) is 2. The van der Waals surface area contributed by atoms with Crippen molar-refractivity contribution in [2.24, 2.45) is 0 Å². The van der Waals surface area contributed by atoms with Gasteiger partial charge in [-0.2, -0.15) is 0 Å². The number of nitrogens with zero attached hydrogens (tertiary/aromatic N) is 1. The molecule has 1 fully saturated rings. The Hall–Kier alpha value is -1.23. The van der Waals surface area contributed by atoms with Gasteiger partial charge < -0.3 is 11.1 Å². The summed E-state index contributed by atoms with van der Waals surface area (Å²) >= 11 is 1.46. The molecule has 2 rings (SSSR count). The molecule has 5 heteroatoms. The van der Waals surface area contributed by atoms with Crippen LogP contribution in [0.5, 0.6) is 0 Å². The van der Waals surface area contributed by atoms with E-state index in [9.17, 15) is 4.79 Å². The van der Waals surface area contributed by atoms with Gasteiger partial charge in [-0.1, -0.05) is 12.8 Å². The van der Waals surface area contributed by atoms with E-state index in [0.29, 0.717) is 17.5 Å². The number of pyridine rings is 1. The summed E-state index contributed by atoms with van der Waals surface area (Å²) in [4.78, 5) is 16.5. The second-order valence-corrected chi connectivity index (χ2v) is 5.27. The molecule has 0 radical (unpaired) electrons. The number of amides is 1. The highest BCUT2D eigenvalue weighted by Gasteiger charge is 2.17. The van der Waals surface area contributed by atoms with Gasteiger partial charge in [0.05, 0.1) is 17.6 Å². The Bertz CT molecular complexity index is 391. The minimum atomic E-state index is 0.0955. The van der Waals surface area contributed by atoms with E-state index in [1.807, 2.05) is 6.07 Å². The van der Waals surface area contributed by atoms with Crippen LogP contribution in [0.1, 0.15) is 25.7 Å². The highest BCUT2D eigenvalue weighted by molar-refractivity contribution is 8.00. The van der Waals surface area contributed by atoms with Gasteiger partial charge in [0.1, 0.15) is 0 Å². The highest BCUT2D eigenvalue weighted by Crippen LogP contribution is 2.23. The zero-order chi connectivity index (χ0) is 12.1. The lowest BCUT2D eigenvalue weighted by molar-refractivity contribution is -0.119. The predicted octanol–water partition coefficient (Wildman–Crippen LogP) is 1.81. The van der Waals surface area contributed by atoms with E-state index in [-0.39, 0.29) is 5.91 Å². The van der Waals surface area contributed by atoms with Crippen molar-refractivity contribution in [1.82, 2.24) is 10.3 Å². The van der Waals surface area contributed by atoms with E-state index < -0.39 is 0 Å². The number of rotatable bonds is 4. The molecule has 1 aliphatic carbocycles. The average Bonchev–Trinajstić information content (AvgIpc) is 2.81. The summed E-state index contributed by atoms with van der Waals surface area (Å²) in [6.45, 7) is 0. The normalized spacial score (nSPS) is 16.0. The van der Waals surface area contributed by atoms with Crippen LogP contribution >= 0.6 is 11.8 Å². The van der Waals surface area contributed by atoms with Crippen molar-refractivity contribution in [3.05, 3.63) is 18.5 Å². The molecule has 0 aromatic carbocycles. The number of carbonyl (C=O) groups is 1. The molecule has 1 amide bonds. The van der Waals surface area contributed by atoms with Gasteiger partial charge in [-0.15, -0.1) is 11.8 Å². The van der Waals surface area contributed by atoms with Crippen LogP contribution in [0.25, 0.3) is 0 Å². The minimum Gasteiger partial charge on any atom is -0.397 e. The Morgan fingerprint density at radius 1 is 1.53 bits per heavy atom. The van der Waals surface area contributed by atoms with Crippen molar-refractivity contribution < 1.29 is 4.79 Å². The molecule has 4 nitrogen and oxygen atoms in total. The van der Waals surface area contributed by atoms with Gasteiger partial charge in [0.25, 0.3) is 0 Å². The van der Waals surface area contributed by atoms with Gasteiger partial charge in [-0.25, -0.2) is 0 Å². The standard InChI is InChI=1S/C12H17N3OS/c13-10-7-14-6-5-11(10)17-8-12(16)15-9-3-1-2-4-9/h5-7,9H,1-4,8,13H2,(H,15,16). The number of anilines is 1. The topological polar surface area (TPSA) is 68.0 Å². The lowest BCUT2D eigenvalue weighted by atomic mass is 10.2. The maximum Gasteiger partial charge on any atom is 0.230 e. The van der Waals surface area contributed by atoms with E-state index in [4.69, 9.17) is 5.73 Å². The summed E-state index contributed by atoms with van der Waals surface area (Å²) in [5.74, 6) is 0.517. The van der Waals surface area contributed by atoms with Crippen molar-refractivity contribution >= 4 is 23.4 Å². The summed E-state index contributed by atoms with van der Waals surface area (Å²) < 4.78 is 0. The summed E-state index contributed by atoms with van der Waals surface area (Å²) in [6, 6.07) is 2.22. The van der Waals surface area contributed by atoms with Crippen LogP contribution in [-0.2, 0) is 4.79 Å². The number of nitrogens with one attached hydrogen (secondary N) is 1. The summed E-state index contributed by atoms with van der Waals surface area (Å²) in [7, 11) is 0. The molecular formula is C12H17N3OS. The van der Waals surface area contributed by atoms with Gasteiger partial charge in [-0.3, -0.25) is 9.78 Å². The Labute approximate surface area is 105 Å². The Morgan fingerprint density at radius 3 is 3.00 bits per heavy atom. The summed E-state index contributed by atoms with van der Waals surface area (Å²) in [6.07, 6.45) is 8.00. The molecule has 0 atom stereocenters. The Balaban J connectivity index is 1.77. The quantitative estimate of drug-likeness (QED) is 0.801. The maximum absolute atomic E-state index is 11.7. The van der Waals surface area contributed by atoms with Crippen LogP contribution < -0.4 is 11.1 Å². The first-order valence-corrected chi connectivity index (χ1v) is 6.86. The SMILES string of the molecule is Nc1cnccc1SCC(=O)NC1CCCC1. The van der Waals surface area contributed by atoms with Crippen molar-refractivity contribution in [1.29, 1.82) is 0 Å². The Kier molecular flexibility index (Phi) is 4.25. The van der Waals surface area contributed by atoms with E-state index in [1.54, 1.807) is 12.4 Å². The fourth-order valence-corrected chi connectivity index (χ4v) is 2.75. The summed E-state index contributed by atoms with van der Waals surface area (Å²) in [5, 5.41) is 3.05. The molecule has 92 valence electrons. The molecule has 0 bridgehead atoms. The van der Waals surface area contributed by atoms with Crippen LogP contribution in [0.3, 0.4) is 0 Å². The number of aromatic nitrogens is 1. The molecule has 1 heterocycles. The zero-order valence-corrected chi connectivity index (χ0v) is 10.5. The van der Waals surface area contributed by atoms with Gasteiger partial charge in [0.15, 0.2) is 0 Å². The molecule has 0 saturated heterocycles. The van der Waals surface area contributed by atoms with Crippen molar-refractivity contribution in [2.45, 2.75) is 36.6 Å². The van der Waals surface area contributed by atoms with Gasteiger partial charge in [-0.05, 0) is 18.9 Å². The first-order chi connectivity index (χ1) is 8.25. The number of carbonyl (C=O) groups excluding carboxylic acids is 1. The van der Waals surface area contributed by atoms with Crippen LogP contribution in [0.15, 0.2) is 23.4 Å². The number of nitrogen functional groups attached to an aromatic ring is 1. The molecule has 1 aromatic rings. The van der Waals surface area contributed by atoms with Gasteiger partial charge in [0, 0.05) is 17.1 Å². The van der Waals surface area contributed by atoms with E-state index in [0.717, 1.165) is 17.7 Å². The minimum absolute atomic E-state index is 0.0955. The molecular weight excluding hydrogens is 234 g/mol. The monoisotopic (exact) mass is 251 g/mol. The molecule has 1 saturated carbocycles. The third-order valence-corrected chi connectivity index (χ3v) is 3.98. The number of hydrogen-bond acceptors (Lipinski definition) is 4. The zero-order valence-electron chi connectivity index (χ0n) is 9.69. The van der Waals surface area contributed by atoms with Crippen molar-refractivity contribution in [3.63, 3.8) is 0 Å². The van der Waals surface area contributed by atoms with Crippen LogP contribution in [-0.4, -0.2) is 22.7 Å². The predicted molar refractivity (Wildman–Crippen MR) is 69.8 cm³/mol. The van der Waals surface area contributed by atoms with Crippen LogP contribution in [0, 0.1) is 0 Å². The molecule has 3 N–H and O–H groups in total. The third-order valence-electron chi connectivity index (χ3n) is 2.89. The largest absolute Gasteiger partial charge is 0.397 e. The van der Waals surface area contributed by atoms with Crippen molar-refractivity contribution in [3.8, 4) is 0 Å². The van der Waals surface area contributed by atoms with Crippen LogP contribution in [0.4, 0.5) is 5.69 Å². The molecule has 0 unspecified atom stereocenters. The van der Waals surface area contributed by atoms with Gasteiger partial charge >= 0.3 is 0 Å². The fraction of sp³-hybridized carbons (Fsp3) is 0.500. The average molecular weight is 251 g/mol. The second-order valence-electron chi connectivity index (χ2n) is 4.25. The van der Waals surface area contributed by atoms with E-state index in [1.165, 1.54) is 24.6 Å². The summed E-state index contributed by atoms with van der Waals surface area (Å²) in [5.41, 5.74) is 6.39.